The quantitative estimate of drug-likeness (QED) is 0.128. The van der Waals surface area contributed by atoms with Gasteiger partial charge in [0, 0.05) is 37.8 Å². The number of benzene rings is 2. The second-order valence-electron chi connectivity index (χ2n) is 14.1. The lowest BCUT2D eigenvalue weighted by Crippen LogP contribution is -2.59. The van der Waals surface area contributed by atoms with Crippen LogP contribution in [0.2, 0.25) is 0 Å². The molecule has 2 aromatic carbocycles. The summed E-state index contributed by atoms with van der Waals surface area (Å²) in [5.41, 5.74) is -0.880. The lowest BCUT2D eigenvalue weighted by Gasteiger charge is -2.36. The Hall–Kier alpha value is -3.92. The summed E-state index contributed by atoms with van der Waals surface area (Å²) in [4.78, 5) is 27.4. The van der Waals surface area contributed by atoms with Crippen molar-refractivity contribution in [1.82, 2.24) is 4.90 Å². The van der Waals surface area contributed by atoms with Crippen molar-refractivity contribution in [3.8, 4) is 11.5 Å². The van der Waals surface area contributed by atoms with Gasteiger partial charge in [0.05, 0.1) is 6.61 Å². The summed E-state index contributed by atoms with van der Waals surface area (Å²) in [6.45, 7) is 13.0. The Morgan fingerprint density at radius 3 is 2.14 bits per heavy atom. The number of aryl methyl sites for hydroxylation is 1. The fraction of sp³-hybridized carbons (Fsp3) is 0.500. The van der Waals surface area contributed by atoms with Crippen molar-refractivity contribution in [2.24, 2.45) is 0 Å². The van der Waals surface area contributed by atoms with Crippen LogP contribution in [0.4, 0.5) is 9.59 Å². The molecule has 282 valence electrons. The van der Waals surface area contributed by atoms with E-state index in [1.807, 2.05) is 0 Å². The Morgan fingerprint density at radius 2 is 1.53 bits per heavy atom. The largest absolute Gasteiger partial charge is 0.532 e. The molecule has 1 aliphatic heterocycles. The van der Waals surface area contributed by atoms with Gasteiger partial charge in [-0.3, -0.25) is 4.90 Å². The maximum absolute atomic E-state index is 15.0. The summed E-state index contributed by atoms with van der Waals surface area (Å²) in [5.74, 6) is 0.174. The summed E-state index contributed by atoms with van der Waals surface area (Å²) in [6, 6.07) is 9.40. The van der Waals surface area contributed by atoms with Crippen LogP contribution in [0.25, 0.3) is 0 Å². The first-order valence-electron chi connectivity index (χ1n) is 16.8. The first-order valence-corrected chi connectivity index (χ1v) is 19.6. The number of aliphatic hydroxyl groups excluding tert-OH is 1. The van der Waals surface area contributed by atoms with Crippen molar-refractivity contribution in [1.29, 1.82) is 0 Å². The number of aliphatic hydroxyl groups is 1. The fourth-order valence-corrected chi connectivity index (χ4v) is 8.80. The van der Waals surface area contributed by atoms with Crippen LogP contribution in [-0.4, -0.2) is 87.0 Å². The number of hydrogen-bond acceptors (Lipinski definition) is 11. The van der Waals surface area contributed by atoms with Gasteiger partial charge in [-0.25, -0.2) is 4.79 Å². The predicted octanol–water partition coefficient (Wildman–Crippen LogP) is 6.46. The molecule has 1 N–H and O–H groups in total. The lowest BCUT2D eigenvalue weighted by molar-refractivity contribution is -0.733. The van der Waals surface area contributed by atoms with Gasteiger partial charge >= 0.3 is 32.3 Å². The molecule has 0 fully saturated rings. The van der Waals surface area contributed by atoms with Crippen LogP contribution in [-0.2, 0) is 29.6 Å². The van der Waals surface area contributed by atoms with E-state index in [1.165, 1.54) is 29.2 Å². The zero-order chi connectivity index (χ0) is 38.3. The predicted molar refractivity (Wildman–Crippen MR) is 191 cm³/mol. The standard InChI is InChI=1S/C36H51N2O11S2/c1-9-20-38(34(41)48-36(6,7)8,21-18-28-15-12-13-19-37(28)33(40)47-35(3,4)5)50(42,43)31-16-10-11-17-32(31)51(44,45)49-30-25-27(2)24-29(26-30)46-23-14-22-39/h10-13,15-17,24-26,39H,9,14,18-23H2,1-8H3/q+1. The molecule has 0 aliphatic carbocycles. The van der Waals surface area contributed by atoms with Gasteiger partial charge in [-0.2, -0.15) is 21.6 Å². The normalized spacial score (nSPS) is 15.1. The van der Waals surface area contributed by atoms with Crippen LogP contribution in [0, 0.1) is 6.92 Å². The zero-order valence-corrected chi connectivity index (χ0v) is 32.3. The molecule has 0 saturated heterocycles. The van der Waals surface area contributed by atoms with Crippen LogP contribution in [0.15, 0.2) is 76.2 Å². The molecule has 0 aromatic heterocycles. The van der Waals surface area contributed by atoms with Crippen LogP contribution < -0.4 is 8.92 Å². The Bertz CT molecular complexity index is 1840. The molecule has 3 rings (SSSR count). The monoisotopic (exact) mass is 751 g/mol. The Labute approximate surface area is 302 Å². The first kappa shape index (κ1) is 41.5. The first-order chi connectivity index (χ1) is 23.7. The number of quaternary nitrogens is 1. The number of sulfonamides is 1. The molecule has 51 heavy (non-hydrogen) atoms. The number of amides is 2. The highest BCUT2D eigenvalue weighted by Crippen LogP contribution is 2.35. The van der Waals surface area contributed by atoms with Gasteiger partial charge in [0.1, 0.15) is 45.6 Å². The summed E-state index contributed by atoms with van der Waals surface area (Å²) < 4.78 is 78.9. The molecule has 2 aromatic rings. The Morgan fingerprint density at radius 1 is 0.902 bits per heavy atom. The summed E-state index contributed by atoms with van der Waals surface area (Å²) in [6.07, 6.45) is 3.83. The van der Waals surface area contributed by atoms with Crippen molar-refractivity contribution < 1.29 is 53.8 Å². The molecule has 0 radical (unpaired) electrons. The Balaban J connectivity index is 2.14. The van der Waals surface area contributed by atoms with Gasteiger partial charge in [0.25, 0.3) is 0 Å². The van der Waals surface area contributed by atoms with E-state index in [0.29, 0.717) is 23.4 Å². The molecule has 0 bridgehead atoms. The SMILES string of the molecule is CCC[N+](CCC1=CC=CCN1C(=O)OC(C)(C)C)(C(=O)OC(C)(C)C)S(=O)(=O)c1ccccc1S(=O)(=O)Oc1cc(C)cc(OCCCO)c1. The summed E-state index contributed by atoms with van der Waals surface area (Å²) >= 11 is 0. The van der Waals surface area contributed by atoms with Crippen molar-refractivity contribution in [3.05, 3.63) is 72.0 Å². The van der Waals surface area contributed by atoms with Gasteiger partial charge in [0.2, 0.25) is 0 Å². The number of carbonyl (C=O) groups excluding carboxylic acids is 2. The molecule has 13 nitrogen and oxygen atoms in total. The van der Waals surface area contributed by atoms with E-state index in [4.69, 9.17) is 23.5 Å². The molecule has 0 spiro atoms. The van der Waals surface area contributed by atoms with Crippen molar-refractivity contribution >= 4 is 32.3 Å². The summed E-state index contributed by atoms with van der Waals surface area (Å²) in [7, 11) is -9.75. The second kappa shape index (κ2) is 16.6. The molecule has 0 saturated carbocycles. The van der Waals surface area contributed by atoms with E-state index in [9.17, 15) is 26.4 Å². The van der Waals surface area contributed by atoms with Crippen LogP contribution in [0.1, 0.15) is 73.3 Å². The van der Waals surface area contributed by atoms with Crippen LogP contribution in [0.3, 0.4) is 0 Å². The molecular formula is C36H51N2O11S2+. The van der Waals surface area contributed by atoms with Crippen molar-refractivity contribution in [2.45, 2.75) is 95.6 Å². The smallest absolute Gasteiger partial charge is 0.493 e. The zero-order valence-electron chi connectivity index (χ0n) is 30.7. The average molecular weight is 752 g/mol. The third kappa shape index (κ3) is 10.8. The third-order valence-electron chi connectivity index (χ3n) is 7.37. The van der Waals surface area contributed by atoms with E-state index >= 15 is 0 Å². The number of hydrogen-bond donors (Lipinski definition) is 1. The Kier molecular flexibility index (Phi) is 13.5. The van der Waals surface area contributed by atoms with Gasteiger partial charge < -0.3 is 23.5 Å². The summed E-state index contributed by atoms with van der Waals surface area (Å²) in [5, 5.41) is 9.09. The molecule has 1 atom stereocenters. The number of nitrogens with zero attached hydrogens (tertiary/aromatic N) is 2. The number of ether oxygens (including phenoxy) is 3. The topological polar surface area (TPSA) is 163 Å². The second-order valence-corrected chi connectivity index (χ2v) is 17.7. The molecule has 15 heteroatoms. The number of allylic oxidation sites excluding steroid dienone is 2. The van der Waals surface area contributed by atoms with Gasteiger partial charge in [-0.15, -0.1) is 3.89 Å². The van der Waals surface area contributed by atoms with Gasteiger partial charge in [0.15, 0.2) is 0 Å². The minimum atomic E-state index is -4.93. The molecular weight excluding hydrogens is 701 g/mol. The maximum Gasteiger partial charge on any atom is 0.532 e. The maximum atomic E-state index is 15.0. The van der Waals surface area contributed by atoms with Gasteiger partial charge in [-0.1, -0.05) is 31.2 Å². The number of rotatable bonds is 14. The van der Waals surface area contributed by atoms with Gasteiger partial charge in [-0.05, 0) is 90.8 Å². The minimum absolute atomic E-state index is 0.0875. The van der Waals surface area contributed by atoms with Crippen molar-refractivity contribution in [3.63, 3.8) is 0 Å². The highest BCUT2D eigenvalue weighted by Gasteiger charge is 2.54. The van der Waals surface area contributed by atoms with E-state index in [1.54, 1.807) is 79.7 Å². The highest BCUT2D eigenvalue weighted by molar-refractivity contribution is 7.90. The minimum Gasteiger partial charge on any atom is -0.493 e. The average Bonchev–Trinajstić information content (AvgIpc) is 3.01. The van der Waals surface area contributed by atoms with E-state index < -0.39 is 63.8 Å². The fourth-order valence-electron chi connectivity index (χ4n) is 5.24. The lowest BCUT2D eigenvalue weighted by atomic mass is 10.2. The highest BCUT2D eigenvalue weighted by atomic mass is 32.2. The number of carbonyl (C=O) groups is 2. The van der Waals surface area contributed by atoms with E-state index in [-0.39, 0.29) is 44.9 Å². The molecule has 1 aliphatic rings. The van der Waals surface area contributed by atoms with E-state index in [0.717, 1.165) is 12.1 Å². The van der Waals surface area contributed by atoms with Crippen LogP contribution in [0.5, 0.6) is 11.5 Å². The van der Waals surface area contributed by atoms with E-state index in [2.05, 4.69) is 0 Å². The van der Waals surface area contributed by atoms with Crippen LogP contribution >= 0.6 is 0 Å². The third-order valence-corrected chi connectivity index (χ3v) is 11.2. The molecule has 2 amide bonds. The molecule has 1 unspecified atom stereocenters. The molecule has 1 heterocycles. The van der Waals surface area contributed by atoms with Crippen molar-refractivity contribution in [2.75, 3.05) is 32.8 Å².